The number of benzene rings is 2. The van der Waals surface area contributed by atoms with Crippen LogP contribution in [0.2, 0.25) is 0 Å². The summed E-state index contributed by atoms with van der Waals surface area (Å²) in [5.41, 5.74) is 3.58. The van der Waals surface area contributed by atoms with E-state index in [9.17, 15) is 14.4 Å². The molecule has 35 heavy (non-hydrogen) atoms. The number of ether oxygens (including phenoxy) is 4. The van der Waals surface area contributed by atoms with E-state index in [1.165, 1.54) is 13.3 Å². The molecule has 0 heterocycles. The minimum absolute atomic E-state index is 0.247. The number of carbonyl (C=O) groups is 3. The van der Waals surface area contributed by atoms with Gasteiger partial charge in [0.15, 0.2) is 18.1 Å². The zero-order valence-electron chi connectivity index (χ0n) is 20.5. The smallest absolute Gasteiger partial charge is 0.344 e. The Morgan fingerprint density at radius 3 is 2.29 bits per heavy atom. The molecule has 1 unspecified atom stereocenters. The molecule has 0 aliphatic carbocycles. The molecule has 0 saturated heterocycles. The molecule has 10 heteroatoms. The highest BCUT2D eigenvalue weighted by Crippen LogP contribution is 2.27. The topological polar surface area (TPSA) is 125 Å². The van der Waals surface area contributed by atoms with E-state index in [4.69, 9.17) is 18.9 Å². The van der Waals surface area contributed by atoms with Crippen LogP contribution < -0.4 is 25.0 Å². The predicted molar refractivity (Wildman–Crippen MR) is 131 cm³/mol. The fraction of sp³-hybridized carbons (Fsp3) is 0.360. The predicted octanol–water partition coefficient (Wildman–Crippen LogP) is 3.01. The molecular formula is C25H31N3O7. The average Bonchev–Trinajstić information content (AvgIpc) is 2.83. The van der Waals surface area contributed by atoms with Crippen molar-refractivity contribution >= 4 is 29.7 Å². The van der Waals surface area contributed by atoms with Crippen molar-refractivity contribution in [3.05, 3.63) is 48.0 Å². The summed E-state index contributed by atoms with van der Waals surface area (Å²) in [6.07, 6.45) is 1.41. The maximum absolute atomic E-state index is 12.7. The van der Waals surface area contributed by atoms with Crippen molar-refractivity contribution in [1.82, 2.24) is 5.43 Å². The third kappa shape index (κ3) is 8.33. The Morgan fingerprint density at radius 2 is 1.69 bits per heavy atom. The van der Waals surface area contributed by atoms with Gasteiger partial charge in [-0.25, -0.2) is 10.2 Å². The van der Waals surface area contributed by atoms with Gasteiger partial charge in [0, 0.05) is 5.69 Å². The van der Waals surface area contributed by atoms with Crippen LogP contribution in [0.4, 0.5) is 5.69 Å². The third-order valence-corrected chi connectivity index (χ3v) is 4.82. The average molecular weight is 486 g/mol. The maximum Gasteiger partial charge on any atom is 0.344 e. The van der Waals surface area contributed by atoms with Crippen LogP contribution in [0.1, 0.15) is 26.3 Å². The van der Waals surface area contributed by atoms with Gasteiger partial charge in [0.1, 0.15) is 11.7 Å². The van der Waals surface area contributed by atoms with Crippen LogP contribution in [-0.4, -0.2) is 51.4 Å². The molecule has 2 amide bonds. The van der Waals surface area contributed by atoms with Crippen LogP contribution >= 0.6 is 0 Å². The number of amides is 2. The van der Waals surface area contributed by atoms with E-state index in [0.29, 0.717) is 28.5 Å². The number of esters is 1. The molecule has 0 fully saturated rings. The van der Waals surface area contributed by atoms with E-state index in [1.807, 2.05) is 0 Å². The molecule has 2 rings (SSSR count). The number of hydrogen-bond acceptors (Lipinski definition) is 8. The van der Waals surface area contributed by atoms with Crippen LogP contribution in [0.5, 0.6) is 17.2 Å². The van der Waals surface area contributed by atoms with E-state index in [2.05, 4.69) is 15.8 Å². The van der Waals surface area contributed by atoms with E-state index < -0.39 is 23.7 Å². The van der Waals surface area contributed by atoms with Crippen LogP contribution in [-0.2, 0) is 19.1 Å². The summed E-state index contributed by atoms with van der Waals surface area (Å²) in [5, 5.41) is 6.71. The third-order valence-electron chi connectivity index (χ3n) is 4.82. The molecule has 2 aromatic rings. The van der Waals surface area contributed by atoms with Crippen LogP contribution in [0, 0.1) is 11.8 Å². The lowest BCUT2D eigenvalue weighted by molar-refractivity contribution is -0.145. The Bertz CT molecular complexity index is 1040. The van der Waals surface area contributed by atoms with Gasteiger partial charge in [-0.3, -0.25) is 9.59 Å². The fourth-order valence-electron chi connectivity index (χ4n) is 3.08. The Kier molecular flexibility index (Phi) is 10.5. The van der Waals surface area contributed by atoms with Crippen molar-refractivity contribution in [2.45, 2.75) is 20.8 Å². The van der Waals surface area contributed by atoms with E-state index in [0.717, 1.165) is 0 Å². The van der Waals surface area contributed by atoms with Gasteiger partial charge in [-0.05, 0) is 60.9 Å². The van der Waals surface area contributed by atoms with E-state index in [-0.39, 0.29) is 19.1 Å². The standard InChI is InChI=1S/C25H31N3O7/c1-6-34-22(29)15-35-20-12-7-17(13-21(20)33-5)14-26-28-25(31)23(16(2)3)24(30)27-18-8-10-19(32-4)11-9-18/h7-14,16,23H,6,15H2,1-5H3,(H,27,30)(H,28,31). The molecule has 10 nitrogen and oxygen atoms in total. The van der Waals surface area contributed by atoms with Gasteiger partial charge in [-0.2, -0.15) is 5.10 Å². The normalized spacial score (nSPS) is 11.6. The first-order valence-electron chi connectivity index (χ1n) is 11.0. The minimum atomic E-state index is -0.956. The summed E-state index contributed by atoms with van der Waals surface area (Å²) in [5.74, 6) is -1.29. The monoisotopic (exact) mass is 485 g/mol. The molecule has 0 bridgehead atoms. The number of nitrogens with one attached hydrogen (secondary N) is 2. The van der Waals surface area contributed by atoms with Gasteiger partial charge in [-0.15, -0.1) is 0 Å². The van der Waals surface area contributed by atoms with Crippen molar-refractivity contribution in [3.63, 3.8) is 0 Å². The van der Waals surface area contributed by atoms with E-state index >= 15 is 0 Å². The van der Waals surface area contributed by atoms with Gasteiger partial charge < -0.3 is 24.3 Å². The highest BCUT2D eigenvalue weighted by molar-refractivity contribution is 6.06. The Balaban J connectivity index is 2.01. The minimum Gasteiger partial charge on any atom is -0.497 e. The van der Waals surface area contributed by atoms with Crippen molar-refractivity contribution in [3.8, 4) is 17.2 Å². The van der Waals surface area contributed by atoms with Gasteiger partial charge in [0.25, 0.3) is 5.91 Å². The zero-order chi connectivity index (χ0) is 25.8. The maximum atomic E-state index is 12.7. The molecule has 0 saturated carbocycles. The second-order valence-corrected chi connectivity index (χ2v) is 7.68. The number of hydrogen-bond donors (Lipinski definition) is 2. The quantitative estimate of drug-likeness (QED) is 0.205. The largest absolute Gasteiger partial charge is 0.497 e. The van der Waals surface area contributed by atoms with Gasteiger partial charge in [0.05, 0.1) is 27.0 Å². The highest BCUT2D eigenvalue weighted by Gasteiger charge is 2.30. The van der Waals surface area contributed by atoms with Crippen molar-refractivity contribution < 1.29 is 33.3 Å². The molecule has 0 spiro atoms. The van der Waals surface area contributed by atoms with Crippen LogP contribution in [0.25, 0.3) is 0 Å². The molecule has 0 radical (unpaired) electrons. The summed E-state index contributed by atoms with van der Waals surface area (Å²) in [7, 11) is 3.02. The molecule has 0 aromatic heterocycles. The second kappa shape index (κ2) is 13.6. The molecular weight excluding hydrogens is 454 g/mol. The van der Waals surface area contributed by atoms with E-state index in [1.54, 1.807) is 70.3 Å². The lowest BCUT2D eigenvalue weighted by Crippen LogP contribution is -2.39. The van der Waals surface area contributed by atoms with Crippen molar-refractivity contribution in [2.24, 2.45) is 16.9 Å². The molecule has 0 aliphatic heterocycles. The molecule has 2 N–H and O–H groups in total. The first kappa shape index (κ1) is 27.2. The number of anilines is 1. The van der Waals surface area contributed by atoms with Crippen LogP contribution in [0.3, 0.4) is 0 Å². The number of carbonyl (C=O) groups excluding carboxylic acids is 3. The second-order valence-electron chi connectivity index (χ2n) is 7.68. The zero-order valence-corrected chi connectivity index (χ0v) is 20.5. The highest BCUT2D eigenvalue weighted by atomic mass is 16.6. The van der Waals surface area contributed by atoms with Gasteiger partial charge in [-0.1, -0.05) is 13.8 Å². The first-order valence-corrected chi connectivity index (χ1v) is 11.0. The SMILES string of the molecule is CCOC(=O)COc1ccc(C=NNC(=O)C(C(=O)Nc2ccc(OC)cc2)C(C)C)cc1OC. The number of rotatable bonds is 12. The number of hydrazone groups is 1. The summed E-state index contributed by atoms with van der Waals surface area (Å²) >= 11 is 0. The molecule has 0 aliphatic rings. The van der Waals surface area contributed by atoms with Gasteiger partial charge in [0.2, 0.25) is 5.91 Å². The Morgan fingerprint density at radius 1 is 0.971 bits per heavy atom. The molecule has 188 valence electrons. The summed E-state index contributed by atoms with van der Waals surface area (Å²) in [6.45, 7) is 5.29. The number of methoxy groups -OCH3 is 2. The summed E-state index contributed by atoms with van der Waals surface area (Å²) in [4.78, 5) is 36.9. The molecule has 1 atom stereocenters. The summed E-state index contributed by atoms with van der Waals surface area (Å²) < 4.78 is 20.6. The Labute approximate surface area is 204 Å². The Hall–Kier alpha value is -4.08. The van der Waals surface area contributed by atoms with Crippen LogP contribution in [0.15, 0.2) is 47.6 Å². The van der Waals surface area contributed by atoms with Crippen molar-refractivity contribution in [2.75, 3.05) is 32.8 Å². The lowest BCUT2D eigenvalue weighted by atomic mass is 9.94. The summed E-state index contributed by atoms with van der Waals surface area (Å²) in [6, 6.07) is 11.7. The van der Waals surface area contributed by atoms with Crippen molar-refractivity contribution in [1.29, 1.82) is 0 Å². The van der Waals surface area contributed by atoms with Gasteiger partial charge >= 0.3 is 5.97 Å². The fourth-order valence-corrected chi connectivity index (χ4v) is 3.08. The first-order chi connectivity index (χ1) is 16.8. The number of nitrogens with zero attached hydrogens (tertiary/aromatic N) is 1. The lowest BCUT2D eigenvalue weighted by Gasteiger charge is -2.18. The molecule has 2 aromatic carbocycles.